The number of nitriles is 1. The summed E-state index contributed by atoms with van der Waals surface area (Å²) in [6.45, 7) is -0.142. The molecule has 0 spiro atoms. The van der Waals surface area contributed by atoms with Crippen molar-refractivity contribution in [1.82, 2.24) is 14.1 Å². The highest BCUT2D eigenvalue weighted by molar-refractivity contribution is 9.11. The van der Waals surface area contributed by atoms with E-state index < -0.39 is 11.2 Å². The van der Waals surface area contributed by atoms with E-state index in [1.807, 2.05) is 30.3 Å². The molecular weight excluding hydrogens is 404 g/mol. The van der Waals surface area contributed by atoms with E-state index in [4.69, 9.17) is 5.26 Å². The molecule has 0 bridgehead atoms. The number of halogens is 1. The predicted molar refractivity (Wildman–Crippen MR) is 100 cm³/mol. The van der Waals surface area contributed by atoms with Crippen LogP contribution in [-0.2, 0) is 6.54 Å². The van der Waals surface area contributed by atoms with Gasteiger partial charge < -0.3 is 0 Å². The van der Waals surface area contributed by atoms with Crippen molar-refractivity contribution in [3.8, 4) is 11.8 Å². The molecule has 3 aromatic heterocycles. The summed E-state index contributed by atoms with van der Waals surface area (Å²) in [5, 5.41) is 10.7. The van der Waals surface area contributed by atoms with Crippen LogP contribution in [0.25, 0.3) is 26.7 Å². The van der Waals surface area contributed by atoms with E-state index in [-0.39, 0.29) is 6.54 Å². The van der Waals surface area contributed by atoms with Crippen LogP contribution < -0.4 is 11.2 Å². The van der Waals surface area contributed by atoms with Gasteiger partial charge in [0.2, 0.25) is 0 Å². The monoisotopic (exact) mass is 412 g/mol. The number of thiophene rings is 1. The minimum absolute atomic E-state index is 0.142. The Morgan fingerprint density at radius 3 is 2.84 bits per heavy atom. The number of hydrogen-bond donors (Lipinski definition) is 0. The molecule has 4 rings (SSSR count). The van der Waals surface area contributed by atoms with Gasteiger partial charge in [-0.05, 0) is 22.0 Å². The van der Waals surface area contributed by atoms with Crippen molar-refractivity contribution in [1.29, 1.82) is 5.26 Å². The Kier molecular flexibility index (Phi) is 3.75. The van der Waals surface area contributed by atoms with E-state index in [9.17, 15) is 9.59 Å². The summed E-state index contributed by atoms with van der Waals surface area (Å²) in [5.74, 6) is 0. The van der Waals surface area contributed by atoms with E-state index in [0.29, 0.717) is 15.9 Å². The molecular formula is C17H9BrN4O2S. The summed E-state index contributed by atoms with van der Waals surface area (Å²) in [4.78, 5) is 30.1. The summed E-state index contributed by atoms with van der Waals surface area (Å²) in [5.41, 5.74) is -0.102. The van der Waals surface area contributed by atoms with Crippen LogP contribution in [0.15, 0.2) is 56.1 Å². The van der Waals surface area contributed by atoms with Gasteiger partial charge in [-0.3, -0.25) is 14.3 Å². The van der Waals surface area contributed by atoms with Gasteiger partial charge in [0.15, 0.2) is 0 Å². The van der Waals surface area contributed by atoms with Crippen LogP contribution >= 0.6 is 27.3 Å². The third-order valence-electron chi connectivity index (χ3n) is 3.91. The fourth-order valence-corrected chi connectivity index (χ4v) is 4.35. The van der Waals surface area contributed by atoms with Crippen LogP contribution in [0.5, 0.6) is 0 Å². The first-order chi connectivity index (χ1) is 12.1. The average Bonchev–Trinajstić information content (AvgIpc) is 3.01. The van der Waals surface area contributed by atoms with Crippen molar-refractivity contribution in [2.45, 2.75) is 6.54 Å². The molecule has 0 aliphatic heterocycles. The summed E-state index contributed by atoms with van der Waals surface area (Å²) in [7, 11) is 0. The Morgan fingerprint density at radius 2 is 2.04 bits per heavy atom. The van der Waals surface area contributed by atoms with Crippen molar-refractivity contribution in [3.63, 3.8) is 0 Å². The molecule has 3 heterocycles. The lowest BCUT2D eigenvalue weighted by atomic mass is 10.1. The predicted octanol–water partition coefficient (Wildman–Crippen LogP) is 3.05. The summed E-state index contributed by atoms with van der Waals surface area (Å²) >= 11 is 4.58. The highest BCUT2D eigenvalue weighted by atomic mass is 79.9. The first-order valence-corrected chi connectivity index (χ1v) is 8.87. The lowest BCUT2D eigenvalue weighted by molar-refractivity contribution is 0.736. The third kappa shape index (κ3) is 2.40. The number of rotatable bonds is 2. The molecule has 0 saturated heterocycles. The molecule has 122 valence electrons. The fourth-order valence-electron chi connectivity index (χ4n) is 2.83. The maximum atomic E-state index is 13.0. The first kappa shape index (κ1) is 15.7. The van der Waals surface area contributed by atoms with Crippen molar-refractivity contribution in [2.75, 3.05) is 0 Å². The second-order valence-electron chi connectivity index (χ2n) is 5.31. The molecule has 8 heteroatoms. The number of aromatic nitrogens is 3. The lowest BCUT2D eigenvalue weighted by Crippen LogP contribution is -2.38. The first-order valence-electron chi connectivity index (χ1n) is 7.27. The highest BCUT2D eigenvalue weighted by Crippen LogP contribution is 2.27. The number of fused-ring (bicyclic) bond motifs is 2. The van der Waals surface area contributed by atoms with Gasteiger partial charge in [-0.15, -0.1) is 11.3 Å². The van der Waals surface area contributed by atoms with Crippen molar-refractivity contribution in [3.05, 3.63) is 67.4 Å². The number of nitrogens with zero attached hydrogens (tertiary/aromatic N) is 4. The van der Waals surface area contributed by atoms with Gasteiger partial charge in [0.25, 0.3) is 5.56 Å². The molecule has 0 N–H and O–H groups in total. The van der Waals surface area contributed by atoms with Gasteiger partial charge in [-0.25, -0.2) is 9.36 Å². The quantitative estimate of drug-likeness (QED) is 0.506. The standard InChI is InChI=1S/C17H9BrN4O2S/c18-14-7-12-15(25-14)16(23)22(17(24)21(12)6-5-19)13-9-20-8-10-3-1-2-4-11(10)13/h1-4,7-9H,6H2. The van der Waals surface area contributed by atoms with Crippen LogP contribution in [-0.4, -0.2) is 14.1 Å². The highest BCUT2D eigenvalue weighted by Gasteiger charge is 2.18. The summed E-state index contributed by atoms with van der Waals surface area (Å²) < 4.78 is 3.53. The van der Waals surface area contributed by atoms with E-state index in [2.05, 4.69) is 20.9 Å². The largest absolute Gasteiger partial charge is 0.337 e. The van der Waals surface area contributed by atoms with Crippen molar-refractivity contribution < 1.29 is 0 Å². The molecule has 0 aliphatic rings. The fraction of sp³-hybridized carbons (Fsp3) is 0.0588. The zero-order valence-corrected chi connectivity index (χ0v) is 15.0. The zero-order valence-electron chi connectivity index (χ0n) is 12.6. The van der Waals surface area contributed by atoms with E-state index in [1.165, 1.54) is 22.1 Å². The number of benzene rings is 1. The van der Waals surface area contributed by atoms with E-state index >= 15 is 0 Å². The van der Waals surface area contributed by atoms with Gasteiger partial charge in [0.1, 0.15) is 11.2 Å². The number of pyridine rings is 1. The number of hydrogen-bond acceptors (Lipinski definition) is 5. The van der Waals surface area contributed by atoms with Gasteiger partial charge in [-0.2, -0.15) is 5.26 Å². The normalized spacial score (nSPS) is 11.0. The second-order valence-corrected chi connectivity index (χ2v) is 7.74. The minimum Gasteiger partial charge on any atom is -0.278 e. The summed E-state index contributed by atoms with van der Waals surface area (Å²) in [6, 6.07) is 11.1. The SMILES string of the molecule is N#CCn1c(=O)n(-c2cncc3ccccc23)c(=O)c2sc(Br)cc21. The molecule has 0 saturated carbocycles. The molecule has 4 aromatic rings. The molecule has 1 aromatic carbocycles. The zero-order chi connectivity index (χ0) is 17.6. The van der Waals surface area contributed by atoms with Crippen LogP contribution in [0.1, 0.15) is 0 Å². The smallest absolute Gasteiger partial charge is 0.278 e. The third-order valence-corrected chi connectivity index (χ3v) is 5.52. The maximum absolute atomic E-state index is 13.0. The van der Waals surface area contributed by atoms with Crippen LogP contribution in [0.3, 0.4) is 0 Å². The van der Waals surface area contributed by atoms with Gasteiger partial charge in [0, 0.05) is 17.0 Å². The van der Waals surface area contributed by atoms with Crippen molar-refractivity contribution in [2.24, 2.45) is 0 Å². The Hall–Kier alpha value is -2.76. The van der Waals surface area contributed by atoms with E-state index in [1.54, 1.807) is 12.3 Å². The molecule has 6 nitrogen and oxygen atoms in total. The summed E-state index contributed by atoms with van der Waals surface area (Å²) in [6.07, 6.45) is 3.17. The minimum atomic E-state index is -0.553. The average molecular weight is 413 g/mol. The molecule has 0 radical (unpaired) electrons. The molecule has 0 unspecified atom stereocenters. The lowest BCUT2D eigenvalue weighted by Gasteiger charge is -2.11. The van der Waals surface area contributed by atoms with E-state index in [0.717, 1.165) is 19.1 Å². The van der Waals surface area contributed by atoms with Gasteiger partial charge in [-0.1, -0.05) is 24.3 Å². The van der Waals surface area contributed by atoms with Gasteiger partial charge >= 0.3 is 5.69 Å². The Bertz CT molecular complexity index is 1290. The van der Waals surface area contributed by atoms with Crippen LogP contribution in [0.2, 0.25) is 0 Å². The second kappa shape index (κ2) is 5.95. The molecule has 0 amide bonds. The Balaban J connectivity index is 2.21. The maximum Gasteiger partial charge on any atom is 0.337 e. The Labute approximate surface area is 153 Å². The molecule has 0 fully saturated rings. The topological polar surface area (TPSA) is 80.7 Å². The van der Waals surface area contributed by atoms with Gasteiger partial charge in [0.05, 0.1) is 27.3 Å². The molecule has 25 heavy (non-hydrogen) atoms. The van der Waals surface area contributed by atoms with Crippen LogP contribution in [0, 0.1) is 11.3 Å². The Morgan fingerprint density at radius 1 is 1.24 bits per heavy atom. The molecule has 0 aliphatic carbocycles. The van der Waals surface area contributed by atoms with Crippen molar-refractivity contribution >= 4 is 48.3 Å². The van der Waals surface area contributed by atoms with Crippen LogP contribution in [0.4, 0.5) is 0 Å². The molecule has 0 atom stereocenters.